The third-order valence-electron chi connectivity index (χ3n) is 3.49. The summed E-state index contributed by atoms with van der Waals surface area (Å²) in [5.74, 6) is 0. The Kier molecular flexibility index (Phi) is 3.04. The van der Waals surface area contributed by atoms with E-state index in [0.29, 0.717) is 4.77 Å². The summed E-state index contributed by atoms with van der Waals surface area (Å²) < 4.78 is 3.95. The number of halogens is 1. The minimum absolute atomic E-state index is 0.704. The van der Waals surface area contributed by atoms with Crippen molar-refractivity contribution in [2.75, 3.05) is 0 Å². The van der Waals surface area contributed by atoms with Crippen molar-refractivity contribution in [3.63, 3.8) is 0 Å². The number of hydrogen-bond donors (Lipinski definition) is 1. The topological polar surface area (TPSA) is 33.6 Å². The number of imidazole rings is 1. The van der Waals surface area contributed by atoms with Crippen LogP contribution in [-0.2, 0) is 0 Å². The summed E-state index contributed by atoms with van der Waals surface area (Å²) in [6, 6.07) is 16.5. The van der Waals surface area contributed by atoms with E-state index in [1.807, 2.05) is 12.1 Å². The molecule has 0 amide bonds. The number of fused-ring (bicyclic) bond motifs is 2. The van der Waals surface area contributed by atoms with Crippen molar-refractivity contribution >= 4 is 56.7 Å². The molecule has 0 spiro atoms. The van der Waals surface area contributed by atoms with Crippen molar-refractivity contribution in [3.05, 3.63) is 63.1 Å². The number of nitrogens with zero attached hydrogens (tertiary/aromatic N) is 2. The van der Waals surface area contributed by atoms with Crippen molar-refractivity contribution in [1.29, 1.82) is 0 Å². The Hall–Kier alpha value is -1.73. The highest BCUT2D eigenvalue weighted by Gasteiger charge is 2.07. The lowest BCUT2D eigenvalue weighted by atomic mass is 10.2. The lowest BCUT2D eigenvalue weighted by Crippen LogP contribution is -1.94. The van der Waals surface area contributed by atoms with Gasteiger partial charge in [0, 0.05) is 20.8 Å². The molecule has 0 fully saturated rings. The van der Waals surface area contributed by atoms with Crippen molar-refractivity contribution in [1.82, 2.24) is 14.5 Å². The Morgan fingerprint density at radius 3 is 2.90 bits per heavy atom. The van der Waals surface area contributed by atoms with Crippen LogP contribution in [0.1, 0.15) is 0 Å². The van der Waals surface area contributed by atoms with Gasteiger partial charge >= 0.3 is 0 Å². The van der Waals surface area contributed by atoms with Gasteiger partial charge in [-0.25, -0.2) is 0 Å². The standard InChI is InChI=1S/C16H10IN3S/c17-11-3-6-15-14(9-11)19-16(21)20(15)12-4-5-13-10(8-12)2-1-7-18-13/h1-9H,(H,19,21). The first-order valence-electron chi connectivity index (χ1n) is 6.48. The minimum Gasteiger partial charge on any atom is -0.330 e. The van der Waals surface area contributed by atoms with Gasteiger partial charge in [0.15, 0.2) is 4.77 Å². The van der Waals surface area contributed by atoms with Crippen LogP contribution < -0.4 is 0 Å². The maximum Gasteiger partial charge on any atom is 0.182 e. The molecule has 0 radical (unpaired) electrons. The lowest BCUT2D eigenvalue weighted by molar-refractivity contribution is 1.07. The molecule has 21 heavy (non-hydrogen) atoms. The third-order valence-corrected chi connectivity index (χ3v) is 4.44. The molecule has 3 nitrogen and oxygen atoms in total. The average molecular weight is 403 g/mol. The molecule has 0 atom stereocenters. The Labute approximate surface area is 139 Å². The van der Waals surface area contributed by atoms with Gasteiger partial charge in [-0.15, -0.1) is 0 Å². The molecule has 0 unspecified atom stereocenters. The number of hydrogen-bond acceptors (Lipinski definition) is 2. The highest BCUT2D eigenvalue weighted by molar-refractivity contribution is 14.1. The van der Waals surface area contributed by atoms with Gasteiger partial charge in [-0.05, 0) is 77.3 Å². The van der Waals surface area contributed by atoms with Crippen molar-refractivity contribution in [2.24, 2.45) is 0 Å². The number of nitrogens with one attached hydrogen (secondary N) is 1. The summed E-state index contributed by atoms with van der Waals surface area (Å²) in [6.45, 7) is 0. The summed E-state index contributed by atoms with van der Waals surface area (Å²) in [7, 11) is 0. The predicted molar refractivity (Wildman–Crippen MR) is 96.5 cm³/mol. The first-order valence-corrected chi connectivity index (χ1v) is 7.96. The molecule has 1 N–H and O–H groups in total. The van der Waals surface area contributed by atoms with E-state index in [1.54, 1.807) is 6.20 Å². The van der Waals surface area contributed by atoms with Crippen LogP contribution in [0.4, 0.5) is 0 Å². The summed E-state index contributed by atoms with van der Waals surface area (Å²) in [4.78, 5) is 7.63. The zero-order chi connectivity index (χ0) is 14.4. The van der Waals surface area contributed by atoms with Gasteiger partial charge in [0.2, 0.25) is 0 Å². The lowest BCUT2D eigenvalue weighted by Gasteiger charge is -2.06. The molecule has 4 rings (SSSR count). The van der Waals surface area contributed by atoms with Crippen LogP contribution in [0.25, 0.3) is 27.6 Å². The molecule has 2 aromatic heterocycles. The van der Waals surface area contributed by atoms with Gasteiger partial charge in [0.25, 0.3) is 0 Å². The van der Waals surface area contributed by atoms with Crippen molar-refractivity contribution in [2.45, 2.75) is 0 Å². The second-order valence-electron chi connectivity index (χ2n) is 4.81. The zero-order valence-electron chi connectivity index (χ0n) is 10.9. The Bertz CT molecular complexity index is 1030. The first kappa shape index (κ1) is 13.0. The van der Waals surface area contributed by atoms with Crippen molar-refractivity contribution < 1.29 is 0 Å². The van der Waals surface area contributed by atoms with Crippen LogP contribution in [0.5, 0.6) is 0 Å². The third kappa shape index (κ3) is 2.16. The number of H-pyrrole nitrogens is 1. The zero-order valence-corrected chi connectivity index (χ0v) is 13.9. The smallest absolute Gasteiger partial charge is 0.182 e. The quantitative estimate of drug-likeness (QED) is 0.365. The van der Waals surface area contributed by atoms with E-state index in [1.165, 1.54) is 3.57 Å². The highest BCUT2D eigenvalue weighted by atomic mass is 127. The maximum atomic E-state index is 5.49. The fourth-order valence-electron chi connectivity index (χ4n) is 2.54. The molecule has 0 saturated carbocycles. The van der Waals surface area contributed by atoms with Crippen LogP contribution in [0.15, 0.2) is 54.7 Å². The van der Waals surface area contributed by atoms with Crippen LogP contribution in [0.3, 0.4) is 0 Å². The second-order valence-corrected chi connectivity index (χ2v) is 6.44. The van der Waals surface area contributed by atoms with E-state index in [-0.39, 0.29) is 0 Å². The second kappa shape index (κ2) is 4.92. The first-order chi connectivity index (χ1) is 10.2. The molecule has 2 heterocycles. The number of aromatic nitrogens is 3. The molecule has 5 heteroatoms. The normalized spacial score (nSPS) is 11.3. The van der Waals surface area contributed by atoms with E-state index in [9.17, 15) is 0 Å². The Morgan fingerprint density at radius 1 is 1.10 bits per heavy atom. The van der Waals surface area contributed by atoms with Crippen LogP contribution in [0.2, 0.25) is 0 Å². The minimum atomic E-state index is 0.704. The predicted octanol–water partition coefficient (Wildman–Crippen LogP) is 4.84. The number of rotatable bonds is 1. The summed E-state index contributed by atoms with van der Waals surface area (Å²) in [5.41, 5.74) is 4.18. The maximum absolute atomic E-state index is 5.49. The number of benzene rings is 2. The molecule has 0 aliphatic carbocycles. The SMILES string of the molecule is S=c1[nH]c2cc(I)ccc2n1-c1ccc2ncccc2c1. The van der Waals surface area contributed by atoms with Gasteiger partial charge in [-0.1, -0.05) is 6.07 Å². The molecular formula is C16H10IN3S. The average Bonchev–Trinajstić information content (AvgIpc) is 2.81. The van der Waals surface area contributed by atoms with Crippen LogP contribution in [-0.4, -0.2) is 14.5 Å². The summed E-state index contributed by atoms with van der Waals surface area (Å²) in [5, 5.41) is 1.11. The monoisotopic (exact) mass is 403 g/mol. The summed E-state index contributed by atoms with van der Waals surface area (Å²) in [6.07, 6.45) is 1.81. The largest absolute Gasteiger partial charge is 0.330 e. The number of pyridine rings is 1. The Morgan fingerprint density at radius 2 is 2.00 bits per heavy atom. The van der Waals surface area contributed by atoms with E-state index in [2.05, 4.69) is 73.5 Å². The van der Waals surface area contributed by atoms with Crippen LogP contribution >= 0.6 is 34.8 Å². The van der Waals surface area contributed by atoms with Gasteiger partial charge < -0.3 is 4.98 Å². The van der Waals surface area contributed by atoms with Crippen molar-refractivity contribution in [3.8, 4) is 5.69 Å². The molecule has 0 aliphatic rings. The molecule has 0 aliphatic heterocycles. The fraction of sp³-hybridized carbons (Fsp3) is 0. The molecule has 4 aromatic rings. The molecular weight excluding hydrogens is 393 g/mol. The fourth-order valence-corrected chi connectivity index (χ4v) is 3.35. The molecule has 0 bridgehead atoms. The van der Waals surface area contributed by atoms with Gasteiger partial charge in [0.1, 0.15) is 0 Å². The Balaban J connectivity index is 2.03. The van der Waals surface area contributed by atoms with E-state index in [0.717, 1.165) is 27.6 Å². The van der Waals surface area contributed by atoms with E-state index in [4.69, 9.17) is 12.2 Å². The van der Waals surface area contributed by atoms with E-state index < -0.39 is 0 Å². The van der Waals surface area contributed by atoms with Gasteiger partial charge in [0.05, 0.1) is 16.6 Å². The van der Waals surface area contributed by atoms with Gasteiger partial charge in [-0.3, -0.25) is 9.55 Å². The van der Waals surface area contributed by atoms with E-state index >= 15 is 0 Å². The number of aromatic amines is 1. The molecule has 2 aromatic carbocycles. The molecule has 0 saturated heterocycles. The summed E-state index contributed by atoms with van der Waals surface area (Å²) >= 11 is 7.79. The van der Waals surface area contributed by atoms with Crippen LogP contribution in [0, 0.1) is 8.34 Å². The molecule has 102 valence electrons. The highest BCUT2D eigenvalue weighted by Crippen LogP contribution is 2.23. The van der Waals surface area contributed by atoms with Gasteiger partial charge in [-0.2, -0.15) is 0 Å².